The van der Waals surface area contributed by atoms with Gasteiger partial charge in [-0.3, -0.25) is 24.9 Å². The summed E-state index contributed by atoms with van der Waals surface area (Å²) >= 11 is 1.71. The Balaban J connectivity index is -0.000000350. The highest BCUT2D eigenvalue weighted by atomic mass is 32.1. The predicted molar refractivity (Wildman–Crippen MR) is 322 cm³/mol. The average molecular weight is 991 g/mol. The lowest BCUT2D eigenvalue weighted by Gasteiger charge is -2.05. The van der Waals surface area contributed by atoms with E-state index in [1.807, 2.05) is 120 Å². The lowest BCUT2D eigenvalue weighted by atomic mass is 10.0. The van der Waals surface area contributed by atoms with Crippen LogP contribution in [0.4, 0.5) is 0 Å². The number of nitrogens with zero attached hydrogens (tertiary/aromatic N) is 5. The smallest absolute Gasteiger partial charge is 0.0902 e. The van der Waals surface area contributed by atoms with Gasteiger partial charge in [-0.05, 0) is 97.9 Å². The lowest BCUT2D eigenvalue weighted by molar-refractivity contribution is 0.469. The van der Waals surface area contributed by atoms with Crippen LogP contribution in [0.2, 0.25) is 0 Å². The molecule has 0 N–H and O–H groups in total. The molecule has 6 nitrogen and oxygen atoms in total. The summed E-state index contributed by atoms with van der Waals surface area (Å²) in [7, 11) is 0. The maximum atomic E-state index is 4.58. The van der Waals surface area contributed by atoms with E-state index in [9.17, 15) is 0 Å². The first-order chi connectivity index (χ1) is 32.4. The number of aromatic nitrogens is 4. The fourth-order valence-corrected chi connectivity index (χ4v) is 3.45. The van der Waals surface area contributed by atoms with Gasteiger partial charge >= 0.3 is 0 Å². The summed E-state index contributed by atoms with van der Waals surface area (Å²) in [6.07, 6.45) is 17.7. The molecule has 2 aromatic carbocycles. The molecule has 0 amide bonds. The molecule has 1 aliphatic heterocycles. The molecule has 0 atom stereocenters. The van der Waals surface area contributed by atoms with Crippen LogP contribution in [0.1, 0.15) is 166 Å². The number of rotatable bonds is 0. The summed E-state index contributed by atoms with van der Waals surface area (Å²) in [6, 6.07) is 33.3. The highest BCUT2D eigenvalue weighted by Crippen LogP contribution is 2.11. The van der Waals surface area contributed by atoms with Crippen molar-refractivity contribution in [3.05, 3.63) is 170 Å². The molecule has 0 saturated heterocycles. The molecule has 7 aromatic rings. The molecule has 71 heavy (non-hydrogen) atoms. The quantitative estimate of drug-likeness (QED) is 0.151. The van der Waals surface area contributed by atoms with E-state index in [1.54, 1.807) is 54.9 Å². The second kappa shape index (κ2) is 41.4. The molecule has 5 aromatic heterocycles. The van der Waals surface area contributed by atoms with Crippen LogP contribution in [-0.4, -0.2) is 32.7 Å². The van der Waals surface area contributed by atoms with Gasteiger partial charge < -0.3 is 4.42 Å². The van der Waals surface area contributed by atoms with Gasteiger partial charge in [-0.1, -0.05) is 227 Å². The Morgan fingerprint density at radius 2 is 0.718 bits per heavy atom. The van der Waals surface area contributed by atoms with E-state index in [4.69, 9.17) is 0 Å². The summed E-state index contributed by atoms with van der Waals surface area (Å²) in [5, 5.41) is 5.28. The number of para-hydroxylation sites is 3. The number of furan rings is 1. The van der Waals surface area contributed by atoms with Crippen LogP contribution in [0.3, 0.4) is 0 Å². The second-order valence-electron chi connectivity index (χ2n) is 25.8. The Bertz CT molecular complexity index is 1760. The summed E-state index contributed by atoms with van der Waals surface area (Å²) < 4.78 is 4.58. The molecule has 0 bridgehead atoms. The zero-order chi connectivity index (χ0) is 55.5. The maximum absolute atomic E-state index is 4.58. The number of allylic oxidation sites excluding steroid dienone is 1. The van der Waals surface area contributed by atoms with Crippen molar-refractivity contribution >= 4 is 39.5 Å². The third-order valence-electron chi connectivity index (χ3n) is 4.84. The maximum Gasteiger partial charge on any atom is 0.0902 e. The Hall–Kier alpha value is -5.27. The van der Waals surface area contributed by atoms with Gasteiger partial charge in [0.25, 0.3) is 0 Å². The first kappa shape index (κ1) is 72.3. The molecule has 0 fully saturated rings. The minimum absolute atomic E-state index is 0.500. The van der Waals surface area contributed by atoms with Crippen molar-refractivity contribution in [1.82, 2.24) is 19.9 Å². The predicted octanol–water partition coefficient (Wildman–Crippen LogP) is 20.9. The van der Waals surface area contributed by atoms with Crippen molar-refractivity contribution in [3.63, 3.8) is 0 Å². The zero-order valence-electron chi connectivity index (χ0n) is 49.5. The molecule has 0 unspecified atom stereocenters. The van der Waals surface area contributed by atoms with E-state index in [-0.39, 0.29) is 0 Å². The van der Waals surface area contributed by atoms with Gasteiger partial charge in [0.2, 0.25) is 0 Å². The Morgan fingerprint density at radius 1 is 0.366 bits per heavy atom. The molecule has 6 heterocycles. The third kappa shape index (κ3) is 95.2. The second-order valence-corrected chi connectivity index (χ2v) is 26.6. The van der Waals surface area contributed by atoms with Gasteiger partial charge in [-0.15, -0.1) is 0 Å². The highest BCUT2D eigenvalue weighted by Gasteiger charge is 1.98. The number of aliphatic imine (C=N–C) groups is 1. The average Bonchev–Trinajstić information content (AvgIpc) is 4.07. The lowest BCUT2D eigenvalue weighted by Crippen LogP contribution is -1.93. The minimum Gasteiger partial charge on any atom is -0.473 e. The SMILES string of the molecule is C1=CCN=C1.CC(C)(C)C.CC(C)(C)C.CC(C)(C)C.CC(C)(C)C.CC(C)(C)C.CC(C)(C)C.c1ccc2ncccc2c1.c1ccc2nccnc2c1.c1ccncc1.c1ccoc1.c1ccsc1. The van der Waals surface area contributed by atoms with Crippen molar-refractivity contribution in [2.75, 3.05) is 6.54 Å². The van der Waals surface area contributed by atoms with Crippen LogP contribution in [0.25, 0.3) is 21.9 Å². The van der Waals surface area contributed by atoms with Crippen LogP contribution in [0.15, 0.2) is 179 Å². The molecule has 396 valence electrons. The molecular weight excluding hydrogens is 887 g/mol. The minimum atomic E-state index is 0.500. The molecule has 7 heteroatoms. The normalized spacial score (nSPS) is 10.9. The van der Waals surface area contributed by atoms with Gasteiger partial charge in [0.1, 0.15) is 0 Å². The van der Waals surface area contributed by atoms with E-state index in [0.29, 0.717) is 32.5 Å². The van der Waals surface area contributed by atoms with E-state index in [2.05, 4.69) is 208 Å². The highest BCUT2D eigenvalue weighted by molar-refractivity contribution is 7.07. The van der Waals surface area contributed by atoms with Gasteiger partial charge in [0.15, 0.2) is 0 Å². The monoisotopic (exact) mass is 990 g/mol. The van der Waals surface area contributed by atoms with E-state index in [0.717, 1.165) is 23.1 Å². The van der Waals surface area contributed by atoms with E-state index < -0.39 is 0 Å². The van der Waals surface area contributed by atoms with E-state index >= 15 is 0 Å². The van der Waals surface area contributed by atoms with Crippen LogP contribution in [0.5, 0.6) is 0 Å². The first-order valence-electron chi connectivity index (χ1n) is 24.8. The van der Waals surface area contributed by atoms with Crippen LogP contribution >= 0.6 is 11.3 Å². The summed E-state index contributed by atoms with van der Waals surface area (Å²) in [6.45, 7) is 53.4. The van der Waals surface area contributed by atoms with Crippen molar-refractivity contribution in [2.24, 2.45) is 37.5 Å². The van der Waals surface area contributed by atoms with E-state index in [1.165, 1.54) is 5.39 Å². The Morgan fingerprint density at radius 3 is 0.958 bits per heavy atom. The fourth-order valence-electron chi connectivity index (χ4n) is 3.00. The number of pyridine rings is 2. The van der Waals surface area contributed by atoms with Crippen molar-refractivity contribution in [1.29, 1.82) is 0 Å². The Kier molecular flexibility index (Phi) is 42.1. The number of hydrogen-bond donors (Lipinski definition) is 0. The summed E-state index contributed by atoms with van der Waals surface area (Å²) in [4.78, 5) is 20.1. The molecule has 0 spiro atoms. The van der Waals surface area contributed by atoms with Gasteiger partial charge in [0, 0.05) is 42.6 Å². The van der Waals surface area contributed by atoms with Crippen molar-refractivity contribution in [2.45, 2.75) is 166 Å². The van der Waals surface area contributed by atoms with Crippen LogP contribution in [0, 0.1) is 32.5 Å². The molecular formula is C64H103N5OS. The number of fused-ring (bicyclic) bond motifs is 2. The standard InChI is InChI=1S/C9H7N.C8H6N2.C5H5N.6C5H12.C4H5N.C4H4O.C4H4S/c1-2-6-9-8(4-1)5-3-7-10-9;1-2-4-8-7(3-1)9-5-6-10-8;1-2-4-6-5-3-1;6*1-5(2,3)4;3*1-2-4-5-3-1/h1-7H;1-6H;1-5H;6*1-4H3;1-3H,4H2;2*1-4H. The number of hydrogen-bond acceptors (Lipinski definition) is 7. The summed E-state index contributed by atoms with van der Waals surface area (Å²) in [5.74, 6) is 0. The number of thiophene rings is 1. The van der Waals surface area contributed by atoms with Crippen molar-refractivity contribution in [3.8, 4) is 0 Å². The fraction of sp³-hybridized carbons (Fsp3) is 0.484. The molecule has 0 saturated carbocycles. The van der Waals surface area contributed by atoms with Crippen molar-refractivity contribution < 1.29 is 4.42 Å². The van der Waals surface area contributed by atoms with Gasteiger partial charge in [-0.25, -0.2) is 0 Å². The number of benzene rings is 2. The third-order valence-corrected chi connectivity index (χ3v) is 5.47. The largest absolute Gasteiger partial charge is 0.473 e. The first-order valence-corrected chi connectivity index (χ1v) is 25.8. The summed E-state index contributed by atoms with van der Waals surface area (Å²) in [5.41, 5.74) is 5.96. The Labute approximate surface area is 441 Å². The molecule has 0 aliphatic carbocycles. The zero-order valence-corrected chi connectivity index (χ0v) is 50.3. The van der Waals surface area contributed by atoms with Gasteiger partial charge in [0.05, 0.1) is 35.6 Å². The topological polar surface area (TPSA) is 77.1 Å². The molecule has 8 rings (SSSR count). The molecule has 0 radical (unpaired) electrons. The van der Waals surface area contributed by atoms with Gasteiger partial charge in [-0.2, -0.15) is 11.3 Å². The van der Waals surface area contributed by atoms with Crippen LogP contribution in [-0.2, 0) is 0 Å². The molecule has 1 aliphatic rings. The van der Waals surface area contributed by atoms with Crippen LogP contribution < -0.4 is 0 Å².